The second-order valence-corrected chi connectivity index (χ2v) is 8.29. The summed E-state index contributed by atoms with van der Waals surface area (Å²) in [6.45, 7) is 15.8. The molecule has 3 atom stereocenters. The molecule has 2 heteroatoms. The monoisotopic (exact) mass is 294 g/mol. The van der Waals surface area contributed by atoms with Gasteiger partial charge >= 0.3 is 0 Å². The van der Waals surface area contributed by atoms with E-state index in [1.54, 1.807) is 0 Å². The van der Waals surface area contributed by atoms with Gasteiger partial charge in [0.25, 0.3) is 0 Å². The number of piperazine rings is 1. The SMILES string of the molecule is CCC(C)C1CN(CC2CCC(C)CC2)C(C(C)C)CN1. The molecule has 124 valence electrons. The maximum atomic E-state index is 3.83. The van der Waals surface area contributed by atoms with Gasteiger partial charge in [0.2, 0.25) is 0 Å². The Kier molecular flexibility index (Phi) is 6.55. The third kappa shape index (κ3) is 4.69. The summed E-state index contributed by atoms with van der Waals surface area (Å²) in [4.78, 5) is 2.85. The zero-order chi connectivity index (χ0) is 15.4. The summed E-state index contributed by atoms with van der Waals surface area (Å²) in [6.07, 6.45) is 7.13. The van der Waals surface area contributed by atoms with Gasteiger partial charge in [0.1, 0.15) is 0 Å². The van der Waals surface area contributed by atoms with E-state index >= 15 is 0 Å². The van der Waals surface area contributed by atoms with Crippen LogP contribution >= 0.6 is 0 Å². The molecule has 1 heterocycles. The maximum absolute atomic E-state index is 3.83. The Bertz CT molecular complexity index is 294. The summed E-state index contributed by atoms with van der Waals surface area (Å²) in [5.41, 5.74) is 0. The van der Waals surface area contributed by atoms with Gasteiger partial charge in [0.05, 0.1) is 0 Å². The first-order valence-electron chi connectivity index (χ1n) is 9.48. The second kappa shape index (κ2) is 7.97. The van der Waals surface area contributed by atoms with Gasteiger partial charge in [0, 0.05) is 31.7 Å². The molecule has 0 amide bonds. The molecule has 0 aromatic rings. The van der Waals surface area contributed by atoms with Crippen molar-refractivity contribution >= 4 is 0 Å². The van der Waals surface area contributed by atoms with E-state index in [4.69, 9.17) is 0 Å². The Morgan fingerprint density at radius 1 is 1.10 bits per heavy atom. The first-order valence-corrected chi connectivity index (χ1v) is 9.48. The molecule has 2 nitrogen and oxygen atoms in total. The molecule has 0 spiro atoms. The maximum Gasteiger partial charge on any atom is 0.0244 e. The average molecular weight is 295 g/mol. The van der Waals surface area contributed by atoms with E-state index in [1.807, 2.05) is 0 Å². The minimum Gasteiger partial charge on any atom is -0.311 e. The largest absolute Gasteiger partial charge is 0.311 e. The van der Waals surface area contributed by atoms with Crippen LogP contribution < -0.4 is 5.32 Å². The lowest BCUT2D eigenvalue weighted by molar-refractivity contribution is 0.0581. The summed E-state index contributed by atoms with van der Waals surface area (Å²) in [5.74, 6) is 3.49. The highest BCUT2D eigenvalue weighted by molar-refractivity contribution is 4.91. The summed E-state index contributed by atoms with van der Waals surface area (Å²) < 4.78 is 0. The fraction of sp³-hybridized carbons (Fsp3) is 1.00. The number of nitrogens with zero attached hydrogens (tertiary/aromatic N) is 1. The molecule has 1 aliphatic heterocycles. The minimum atomic E-state index is 0.701. The lowest BCUT2D eigenvalue weighted by Crippen LogP contribution is -2.60. The van der Waals surface area contributed by atoms with Crippen molar-refractivity contribution in [1.82, 2.24) is 10.2 Å². The van der Waals surface area contributed by atoms with Crippen LogP contribution in [0.15, 0.2) is 0 Å². The van der Waals surface area contributed by atoms with E-state index in [9.17, 15) is 0 Å². The van der Waals surface area contributed by atoms with Gasteiger partial charge < -0.3 is 5.32 Å². The van der Waals surface area contributed by atoms with Crippen LogP contribution in [0.1, 0.15) is 66.7 Å². The van der Waals surface area contributed by atoms with Crippen LogP contribution in [0.5, 0.6) is 0 Å². The van der Waals surface area contributed by atoms with Crippen molar-refractivity contribution in [3.8, 4) is 0 Å². The predicted octanol–water partition coefficient (Wildman–Crippen LogP) is 4.16. The van der Waals surface area contributed by atoms with Crippen molar-refractivity contribution in [2.24, 2.45) is 23.7 Å². The molecule has 0 bridgehead atoms. The Hall–Kier alpha value is -0.0800. The fourth-order valence-electron chi connectivity index (χ4n) is 4.23. The van der Waals surface area contributed by atoms with Crippen molar-refractivity contribution in [2.45, 2.75) is 78.8 Å². The van der Waals surface area contributed by atoms with Crippen LogP contribution in [0.2, 0.25) is 0 Å². The highest BCUT2D eigenvalue weighted by Crippen LogP contribution is 2.30. The standard InChI is InChI=1S/C19H38N2/c1-6-16(5)18-13-21(19(11-20-18)14(2)3)12-17-9-7-15(4)8-10-17/h14-20H,6-13H2,1-5H3. The van der Waals surface area contributed by atoms with Crippen LogP contribution in [-0.4, -0.2) is 36.6 Å². The molecule has 2 fully saturated rings. The van der Waals surface area contributed by atoms with Gasteiger partial charge in [-0.2, -0.15) is 0 Å². The summed E-state index contributed by atoms with van der Waals surface area (Å²) in [7, 11) is 0. The van der Waals surface area contributed by atoms with Crippen LogP contribution in [-0.2, 0) is 0 Å². The van der Waals surface area contributed by atoms with Gasteiger partial charge in [-0.3, -0.25) is 4.90 Å². The summed E-state index contributed by atoms with van der Waals surface area (Å²) in [6, 6.07) is 1.44. The molecule has 2 aliphatic rings. The van der Waals surface area contributed by atoms with Crippen molar-refractivity contribution in [2.75, 3.05) is 19.6 Å². The zero-order valence-corrected chi connectivity index (χ0v) is 15.1. The van der Waals surface area contributed by atoms with Gasteiger partial charge in [-0.05, 0) is 36.5 Å². The topological polar surface area (TPSA) is 15.3 Å². The van der Waals surface area contributed by atoms with Gasteiger partial charge in [-0.15, -0.1) is 0 Å². The Morgan fingerprint density at radius 3 is 2.33 bits per heavy atom. The first-order chi connectivity index (χ1) is 10.0. The molecule has 1 N–H and O–H groups in total. The zero-order valence-electron chi connectivity index (χ0n) is 15.1. The number of nitrogens with one attached hydrogen (secondary N) is 1. The van der Waals surface area contributed by atoms with Crippen LogP contribution in [0, 0.1) is 23.7 Å². The van der Waals surface area contributed by atoms with E-state index in [-0.39, 0.29) is 0 Å². The smallest absolute Gasteiger partial charge is 0.0244 e. The Labute approximate surface area is 133 Å². The third-order valence-corrected chi connectivity index (χ3v) is 6.22. The molecular formula is C19H38N2. The van der Waals surface area contributed by atoms with Crippen molar-refractivity contribution in [1.29, 1.82) is 0 Å². The lowest BCUT2D eigenvalue weighted by Gasteiger charge is -2.46. The molecule has 0 aromatic heterocycles. The van der Waals surface area contributed by atoms with Gasteiger partial charge in [0.15, 0.2) is 0 Å². The first kappa shape index (κ1) is 17.3. The van der Waals surface area contributed by atoms with E-state index < -0.39 is 0 Å². The number of rotatable bonds is 5. The molecule has 3 unspecified atom stereocenters. The summed E-state index contributed by atoms with van der Waals surface area (Å²) in [5, 5.41) is 3.83. The van der Waals surface area contributed by atoms with Gasteiger partial charge in [-0.1, -0.05) is 53.9 Å². The fourth-order valence-corrected chi connectivity index (χ4v) is 4.23. The predicted molar refractivity (Wildman–Crippen MR) is 92.6 cm³/mol. The van der Waals surface area contributed by atoms with Gasteiger partial charge in [-0.25, -0.2) is 0 Å². The normalized spacial score (nSPS) is 36.9. The van der Waals surface area contributed by atoms with Crippen molar-refractivity contribution in [3.63, 3.8) is 0 Å². The Balaban J connectivity index is 1.93. The van der Waals surface area contributed by atoms with Crippen LogP contribution in [0.25, 0.3) is 0 Å². The highest BCUT2D eigenvalue weighted by atomic mass is 15.2. The molecule has 1 saturated carbocycles. The summed E-state index contributed by atoms with van der Waals surface area (Å²) >= 11 is 0. The van der Waals surface area contributed by atoms with E-state index in [1.165, 1.54) is 51.7 Å². The quantitative estimate of drug-likeness (QED) is 0.819. The second-order valence-electron chi connectivity index (χ2n) is 8.29. The molecule has 0 aromatic carbocycles. The van der Waals surface area contributed by atoms with Crippen molar-refractivity contribution < 1.29 is 0 Å². The molecule has 1 saturated heterocycles. The molecule has 21 heavy (non-hydrogen) atoms. The van der Waals surface area contributed by atoms with E-state index in [2.05, 4.69) is 44.8 Å². The average Bonchev–Trinajstić information content (AvgIpc) is 2.48. The van der Waals surface area contributed by atoms with E-state index in [0.717, 1.165) is 29.7 Å². The highest BCUT2D eigenvalue weighted by Gasteiger charge is 2.33. The van der Waals surface area contributed by atoms with Crippen molar-refractivity contribution in [3.05, 3.63) is 0 Å². The molecule has 2 rings (SSSR count). The lowest BCUT2D eigenvalue weighted by atomic mass is 9.82. The molecule has 1 aliphatic carbocycles. The Morgan fingerprint density at radius 2 is 1.76 bits per heavy atom. The third-order valence-electron chi connectivity index (χ3n) is 6.22. The van der Waals surface area contributed by atoms with E-state index in [0.29, 0.717) is 6.04 Å². The molecular weight excluding hydrogens is 256 g/mol. The molecule has 0 radical (unpaired) electrons. The number of hydrogen-bond acceptors (Lipinski definition) is 2. The number of hydrogen-bond donors (Lipinski definition) is 1. The minimum absolute atomic E-state index is 0.701. The van der Waals surface area contributed by atoms with Crippen LogP contribution in [0.4, 0.5) is 0 Å². The van der Waals surface area contributed by atoms with Crippen LogP contribution in [0.3, 0.4) is 0 Å².